The van der Waals surface area contributed by atoms with Crippen LogP contribution in [0.5, 0.6) is 0 Å². The summed E-state index contributed by atoms with van der Waals surface area (Å²) in [6.45, 7) is 4.17. The van der Waals surface area contributed by atoms with Crippen LogP contribution in [0.1, 0.15) is 174 Å². The fourth-order valence-corrected chi connectivity index (χ4v) is 6.62. The highest BCUT2D eigenvalue weighted by molar-refractivity contribution is 7.47. The fraction of sp³-hybridized carbons (Fsp3) is 0.783. The van der Waals surface area contributed by atoms with Crippen molar-refractivity contribution in [1.29, 1.82) is 0 Å². The van der Waals surface area contributed by atoms with Gasteiger partial charge in [-0.2, -0.15) is 0 Å². The zero-order chi connectivity index (χ0) is 42.3. The molecule has 0 heterocycles. The number of nitrogens with zero attached hydrogens (tertiary/aromatic N) is 1. The van der Waals surface area contributed by atoms with E-state index in [0.29, 0.717) is 30.3 Å². The Hall–Kier alpha value is -2.07. The molecule has 0 saturated carbocycles. The van der Waals surface area contributed by atoms with Gasteiger partial charge in [-0.05, 0) is 44.9 Å². The van der Waals surface area contributed by atoms with Crippen molar-refractivity contribution in [1.82, 2.24) is 0 Å². The van der Waals surface area contributed by atoms with E-state index in [4.69, 9.17) is 18.5 Å². The molecule has 0 amide bonds. The topological polar surface area (TPSA) is 129 Å². The quantitative estimate of drug-likeness (QED) is 0.0155. The van der Waals surface area contributed by atoms with Gasteiger partial charge in [0, 0.05) is 12.8 Å². The minimum Gasteiger partial charge on any atom is -0.462 e. The van der Waals surface area contributed by atoms with Crippen molar-refractivity contribution in [2.75, 3.05) is 47.5 Å². The third-order valence-corrected chi connectivity index (χ3v) is 10.5. The van der Waals surface area contributed by atoms with E-state index >= 15 is 0 Å². The number of ether oxygens (including phenoxy) is 2. The number of rotatable bonds is 40. The molecule has 10 nitrogen and oxygen atoms in total. The Balaban J connectivity index is 4.55. The Bertz CT molecular complexity index is 1130. The van der Waals surface area contributed by atoms with Gasteiger partial charge >= 0.3 is 19.8 Å². The van der Waals surface area contributed by atoms with Gasteiger partial charge in [0.05, 0.1) is 33.9 Å². The molecule has 3 atom stereocenters. The van der Waals surface area contributed by atoms with Crippen LogP contribution in [0.4, 0.5) is 0 Å². The molecule has 0 spiro atoms. The van der Waals surface area contributed by atoms with Crippen molar-refractivity contribution in [3.8, 4) is 0 Å². The van der Waals surface area contributed by atoms with E-state index < -0.39 is 38.6 Å². The summed E-state index contributed by atoms with van der Waals surface area (Å²) in [5, 5.41) is 10.3. The van der Waals surface area contributed by atoms with Crippen LogP contribution in [-0.2, 0) is 32.7 Å². The molecule has 11 heteroatoms. The van der Waals surface area contributed by atoms with E-state index in [2.05, 4.69) is 38.2 Å². The van der Waals surface area contributed by atoms with Crippen LogP contribution < -0.4 is 0 Å². The van der Waals surface area contributed by atoms with E-state index in [0.717, 1.165) is 32.1 Å². The van der Waals surface area contributed by atoms with Crippen LogP contribution in [0.2, 0.25) is 0 Å². The molecule has 0 aliphatic rings. The number of hydrogen-bond donors (Lipinski definition) is 2. The number of hydrogen-bond acceptors (Lipinski definition) is 8. The highest BCUT2D eigenvalue weighted by Crippen LogP contribution is 2.43. The number of aliphatic hydroxyl groups excluding tert-OH is 1. The number of phosphoric ester groups is 1. The normalized spacial score (nSPS) is 14.6. The van der Waals surface area contributed by atoms with Gasteiger partial charge in [0.25, 0.3) is 0 Å². The number of phosphoric acid groups is 1. The summed E-state index contributed by atoms with van der Waals surface area (Å²) < 4.78 is 34.1. The van der Waals surface area contributed by atoms with Crippen molar-refractivity contribution in [3.05, 3.63) is 48.6 Å². The molecule has 0 aromatic heterocycles. The summed E-state index contributed by atoms with van der Waals surface area (Å²) in [4.78, 5) is 35.4. The highest BCUT2D eigenvalue weighted by atomic mass is 31.2. The summed E-state index contributed by atoms with van der Waals surface area (Å²) in [7, 11) is 1.36. The maximum atomic E-state index is 12.7. The Morgan fingerprint density at radius 1 is 0.632 bits per heavy atom. The maximum absolute atomic E-state index is 12.7. The molecule has 0 rings (SSSR count). The van der Waals surface area contributed by atoms with Gasteiger partial charge in [-0.25, -0.2) is 4.57 Å². The van der Waals surface area contributed by atoms with Crippen molar-refractivity contribution >= 4 is 19.8 Å². The molecule has 0 aliphatic carbocycles. The average molecular weight is 827 g/mol. The molecular weight excluding hydrogens is 741 g/mol. The molecule has 0 aliphatic heterocycles. The molecule has 0 saturated heterocycles. The van der Waals surface area contributed by atoms with Gasteiger partial charge in [0.2, 0.25) is 0 Å². The van der Waals surface area contributed by atoms with Crippen molar-refractivity contribution < 1.29 is 47.2 Å². The highest BCUT2D eigenvalue weighted by Gasteiger charge is 2.27. The lowest BCUT2D eigenvalue weighted by molar-refractivity contribution is -0.870. The molecule has 0 aromatic rings. The lowest BCUT2D eigenvalue weighted by Crippen LogP contribution is -2.37. The Kier molecular flexibility index (Phi) is 36.8. The number of carbonyl (C=O) groups is 2. The molecule has 0 fully saturated rings. The first kappa shape index (κ1) is 54.9. The minimum atomic E-state index is -4.43. The lowest BCUT2D eigenvalue weighted by Gasteiger charge is -2.24. The second-order valence-corrected chi connectivity index (χ2v) is 17.7. The average Bonchev–Trinajstić information content (AvgIpc) is 3.15. The number of unbranched alkanes of at least 4 members (excludes halogenated alkanes) is 17. The second kappa shape index (κ2) is 38.2. The number of quaternary nitrogens is 1. The molecule has 57 heavy (non-hydrogen) atoms. The third kappa shape index (κ3) is 41.9. The number of carbonyl (C=O) groups excluding carboxylic acids is 2. The zero-order valence-corrected chi connectivity index (χ0v) is 37.8. The second-order valence-electron chi connectivity index (χ2n) is 16.3. The van der Waals surface area contributed by atoms with Crippen LogP contribution in [0.25, 0.3) is 0 Å². The van der Waals surface area contributed by atoms with E-state index in [1.165, 1.54) is 96.3 Å². The Morgan fingerprint density at radius 3 is 1.75 bits per heavy atom. The van der Waals surface area contributed by atoms with Gasteiger partial charge in [-0.3, -0.25) is 18.6 Å². The van der Waals surface area contributed by atoms with Gasteiger partial charge < -0.3 is 24.0 Å². The van der Waals surface area contributed by atoms with Crippen molar-refractivity contribution in [2.24, 2.45) is 0 Å². The standard InChI is InChI=1S/C46H84NO9P/c1-6-8-10-12-14-16-18-20-21-23-25-27-29-31-33-37-45(49)53-41-44(42-55-57(51,52)54-40-39-47(3,4)5)56-46(50)38-34-36-43(48)35-32-30-28-26-24-22-19-17-15-13-11-9-7-2/h15,17,22,24,28,30,32,35,43-44,48H,6-14,16,18-21,23,25-27,29,31,33-34,36-42H2,1-5H3/p+1/b17-15-,24-22-,30-28-,35-32+/t43-,44+/m0/s1. The molecule has 2 N–H and O–H groups in total. The van der Waals surface area contributed by atoms with E-state index in [1.54, 1.807) is 12.2 Å². The molecular formula is C46H85NO9P+. The van der Waals surface area contributed by atoms with Gasteiger partial charge in [0.15, 0.2) is 6.10 Å². The SMILES string of the molecule is CCCCC/C=C\C/C=C\C/C=C\C=C\[C@H](O)CCCC(=O)O[C@H](COC(=O)CCCCCCCCCCCCCCCCC)COP(=O)(O)OCC[N+](C)(C)C. The fourth-order valence-electron chi connectivity index (χ4n) is 5.88. The predicted molar refractivity (Wildman–Crippen MR) is 235 cm³/mol. The third-order valence-electron chi connectivity index (χ3n) is 9.47. The number of allylic oxidation sites excluding steroid dienone is 7. The summed E-state index contributed by atoms with van der Waals surface area (Å²) in [5.74, 6) is -0.998. The Labute approximate surface area is 348 Å². The van der Waals surface area contributed by atoms with Crippen molar-refractivity contribution in [3.63, 3.8) is 0 Å². The van der Waals surface area contributed by atoms with Crippen LogP contribution >= 0.6 is 7.82 Å². The van der Waals surface area contributed by atoms with Crippen molar-refractivity contribution in [2.45, 2.75) is 187 Å². The smallest absolute Gasteiger partial charge is 0.462 e. The molecule has 0 radical (unpaired) electrons. The molecule has 0 aromatic carbocycles. The first-order valence-corrected chi connectivity index (χ1v) is 24.0. The van der Waals surface area contributed by atoms with E-state index in [1.807, 2.05) is 33.3 Å². The summed E-state index contributed by atoms with van der Waals surface area (Å²) in [6.07, 6.45) is 40.4. The van der Waals surface area contributed by atoms with Gasteiger partial charge in [-0.1, -0.05) is 165 Å². The lowest BCUT2D eigenvalue weighted by atomic mass is 10.0. The monoisotopic (exact) mass is 827 g/mol. The molecule has 0 bridgehead atoms. The summed E-state index contributed by atoms with van der Waals surface area (Å²) in [6, 6.07) is 0. The predicted octanol–water partition coefficient (Wildman–Crippen LogP) is 11.7. The number of likely N-dealkylation sites (N-methyl/N-ethyl adjacent to an activating group) is 1. The van der Waals surface area contributed by atoms with Crippen LogP contribution in [0.15, 0.2) is 48.6 Å². The minimum absolute atomic E-state index is 0.00326. The Morgan fingerprint density at radius 2 is 1.16 bits per heavy atom. The van der Waals surface area contributed by atoms with E-state index in [-0.39, 0.29) is 26.1 Å². The van der Waals surface area contributed by atoms with E-state index in [9.17, 15) is 24.2 Å². The summed E-state index contributed by atoms with van der Waals surface area (Å²) in [5.41, 5.74) is 0. The first-order chi connectivity index (χ1) is 27.4. The largest absolute Gasteiger partial charge is 0.472 e. The van der Waals surface area contributed by atoms with Crippen LogP contribution in [-0.4, -0.2) is 86.1 Å². The van der Waals surface area contributed by atoms with Crippen LogP contribution in [0.3, 0.4) is 0 Å². The van der Waals surface area contributed by atoms with Gasteiger partial charge in [0.1, 0.15) is 19.8 Å². The number of aliphatic hydroxyl groups is 1. The van der Waals surface area contributed by atoms with Crippen LogP contribution in [0, 0.1) is 0 Å². The zero-order valence-electron chi connectivity index (χ0n) is 36.9. The summed E-state index contributed by atoms with van der Waals surface area (Å²) >= 11 is 0. The molecule has 332 valence electrons. The maximum Gasteiger partial charge on any atom is 0.472 e. The molecule has 1 unspecified atom stereocenters. The van der Waals surface area contributed by atoms with Gasteiger partial charge in [-0.15, -0.1) is 0 Å². The number of esters is 2. The first-order valence-electron chi connectivity index (χ1n) is 22.5.